The molecule has 8 rings (SSSR count). The fourth-order valence-corrected chi connectivity index (χ4v) is 12.1. The van der Waals surface area contributed by atoms with E-state index in [9.17, 15) is 32.8 Å². The molecule has 5 aliphatic rings. The zero-order chi connectivity index (χ0) is 55.3. The maximum absolute atomic E-state index is 14.9. The number of carbonyl (C=O) groups is 5. The van der Waals surface area contributed by atoms with Gasteiger partial charge in [0.25, 0.3) is 12.3 Å². The number of esters is 1. The van der Waals surface area contributed by atoms with Crippen LogP contribution in [0.25, 0.3) is 17.2 Å². The highest BCUT2D eigenvalue weighted by Gasteiger charge is 2.49. The van der Waals surface area contributed by atoms with Crippen molar-refractivity contribution in [1.29, 1.82) is 0 Å². The molecule has 418 valence electrons. The normalized spacial score (nSPS) is 25.1. The number of nitrogens with zero attached hydrogens (tertiary/aromatic N) is 9. The van der Waals surface area contributed by atoms with Crippen LogP contribution in [0.1, 0.15) is 114 Å². The SMILES string of the molecule is CCNc1ccc2cc1/C(=C/c1cccnc1[C@H](C)OC)CC(C)(C)COC(=O)[C@@H]1CCCN(N1)C(=O)[C@@H](NC(=O)[C@H](C(C)C)N(C)C(=O)N1CC3CCC(C1)C3N(CC(F)F)C(=O)n1cnnc1C)CN1CCC=C2C1. The van der Waals surface area contributed by atoms with Crippen molar-refractivity contribution in [3.05, 3.63) is 77.1 Å². The Bertz CT molecular complexity index is 2680. The summed E-state index contributed by atoms with van der Waals surface area (Å²) in [5, 5.41) is 15.8. The minimum atomic E-state index is -2.78. The minimum absolute atomic E-state index is 0.0988. The first-order valence-corrected chi connectivity index (χ1v) is 27.3. The number of hydrazine groups is 1. The van der Waals surface area contributed by atoms with Gasteiger partial charge in [0.15, 0.2) is 0 Å². The van der Waals surface area contributed by atoms with Gasteiger partial charge in [0, 0.05) is 88.9 Å². The lowest BCUT2D eigenvalue weighted by Gasteiger charge is -2.45. The van der Waals surface area contributed by atoms with Crippen LogP contribution in [0.4, 0.5) is 24.1 Å². The second-order valence-electron chi connectivity index (χ2n) is 22.5. The lowest BCUT2D eigenvalue weighted by atomic mass is 9.82. The van der Waals surface area contributed by atoms with E-state index in [2.05, 4.69) is 82.3 Å². The Labute approximate surface area is 451 Å². The number of aryl methyl sites for hydroxylation is 1. The Balaban J connectivity index is 1.07. The molecular formula is C56H78F2N12O7. The van der Waals surface area contributed by atoms with Crippen LogP contribution in [0.5, 0.6) is 0 Å². The average Bonchev–Trinajstić information content (AvgIpc) is 3.96. The summed E-state index contributed by atoms with van der Waals surface area (Å²) >= 11 is 0. The third kappa shape index (κ3) is 13.0. The van der Waals surface area contributed by atoms with Crippen molar-refractivity contribution in [3.8, 4) is 0 Å². The third-order valence-corrected chi connectivity index (χ3v) is 15.9. The molecule has 2 saturated heterocycles. The van der Waals surface area contributed by atoms with Gasteiger partial charge in [0.05, 0.1) is 24.9 Å². The molecule has 5 amide bonds. The van der Waals surface area contributed by atoms with Crippen LogP contribution in [-0.4, -0.2) is 178 Å². The van der Waals surface area contributed by atoms with Gasteiger partial charge in [-0.05, 0) is 124 Å². The molecule has 1 saturated carbocycles. The number of amides is 5. The van der Waals surface area contributed by atoms with Crippen LogP contribution < -0.4 is 16.1 Å². The average molecular weight is 1070 g/mol. The predicted molar refractivity (Wildman–Crippen MR) is 288 cm³/mol. The Morgan fingerprint density at radius 1 is 1.04 bits per heavy atom. The van der Waals surface area contributed by atoms with E-state index in [1.165, 1.54) is 25.7 Å². The number of benzene rings is 1. The molecule has 21 heteroatoms. The minimum Gasteiger partial charge on any atom is -0.464 e. The van der Waals surface area contributed by atoms with Crippen LogP contribution in [0.2, 0.25) is 0 Å². The Morgan fingerprint density at radius 2 is 1.79 bits per heavy atom. The zero-order valence-electron chi connectivity index (χ0n) is 46.1. The molecule has 3 N–H and O–H groups in total. The fraction of sp³-hybridized carbons (Fsp3) is 0.607. The maximum atomic E-state index is 14.9. The summed E-state index contributed by atoms with van der Waals surface area (Å²) in [6.45, 7) is 15.4. The molecule has 3 aromatic rings. The molecule has 77 heavy (non-hydrogen) atoms. The number of methoxy groups -OCH3 is 1. The van der Waals surface area contributed by atoms with Crippen molar-refractivity contribution in [1.82, 2.24) is 55.1 Å². The van der Waals surface area contributed by atoms with Crippen LogP contribution in [0, 0.1) is 30.1 Å². The summed E-state index contributed by atoms with van der Waals surface area (Å²) < 4.78 is 41.2. The molecule has 19 nitrogen and oxygen atoms in total. The van der Waals surface area contributed by atoms with Crippen LogP contribution in [0.15, 0.2) is 48.9 Å². The molecular weight excluding hydrogens is 991 g/mol. The number of fused-ring (bicyclic) bond motifs is 9. The summed E-state index contributed by atoms with van der Waals surface area (Å²) in [7, 11) is 3.24. The molecule has 0 spiro atoms. The van der Waals surface area contributed by atoms with Crippen molar-refractivity contribution in [2.75, 3.05) is 78.4 Å². The first-order valence-electron chi connectivity index (χ1n) is 27.3. The van der Waals surface area contributed by atoms with E-state index < -0.39 is 78.3 Å². The number of hydrogen-bond acceptors (Lipinski definition) is 13. The lowest BCUT2D eigenvalue weighted by molar-refractivity contribution is -0.155. The van der Waals surface area contributed by atoms with Gasteiger partial charge in [0.2, 0.25) is 5.91 Å². The fourth-order valence-electron chi connectivity index (χ4n) is 12.1. The molecule has 1 aliphatic carbocycles. The number of anilines is 1. The standard InChI is InChI=1S/C56H78F2N12O7/c1-10-59-44-20-19-37-25-43(44)42(24-38-14-11-21-60-48(38)35(4)76-9)26-56(6,7)32-77-53(73)45-16-13-23-70(64-45)52(72)46(30-66-22-12-15-39(37)27-66)62-51(71)49(34(2)3)65(8)54(74)67-28-40-17-18-41(29-67)50(40)68(31-47(57)58)55(75)69-33-61-63-36(69)5/h11,14-15,19-21,24-25,33-35,40-41,45-47,49-50,59,64H,10,12-13,16-18,22-23,26-32H2,1-9H3,(H,62,71)/b42-24+/t35-,40?,41?,45-,46-,49-,50?/m0/s1. The number of hydrogen-bond donors (Lipinski definition) is 3. The maximum Gasteiger partial charge on any atom is 0.331 e. The Morgan fingerprint density at radius 3 is 2.47 bits per heavy atom. The van der Waals surface area contributed by atoms with Gasteiger partial charge in [-0.3, -0.25) is 29.3 Å². The van der Waals surface area contributed by atoms with Crippen LogP contribution in [-0.2, 0) is 23.9 Å². The number of nitrogens with one attached hydrogen (secondary N) is 3. The second-order valence-corrected chi connectivity index (χ2v) is 22.5. The first kappa shape index (κ1) is 56.9. The van der Waals surface area contributed by atoms with E-state index in [-0.39, 0.29) is 50.0 Å². The van der Waals surface area contributed by atoms with Crippen LogP contribution in [0.3, 0.4) is 0 Å². The summed E-state index contributed by atoms with van der Waals surface area (Å²) in [5.74, 6) is -2.10. The molecule has 0 radical (unpaired) electrons. The molecule has 6 heterocycles. The van der Waals surface area contributed by atoms with Gasteiger partial charge in [-0.25, -0.2) is 28.4 Å². The van der Waals surface area contributed by atoms with Gasteiger partial charge >= 0.3 is 18.0 Å². The van der Waals surface area contributed by atoms with Gasteiger partial charge in [-0.2, -0.15) is 0 Å². The largest absolute Gasteiger partial charge is 0.464 e. The number of urea groups is 1. The number of cyclic esters (lactones) is 1. The second kappa shape index (κ2) is 24.6. The topological polar surface area (TPSA) is 200 Å². The summed E-state index contributed by atoms with van der Waals surface area (Å²) in [4.78, 5) is 83.3. The highest BCUT2D eigenvalue weighted by Crippen LogP contribution is 2.42. The van der Waals surface area contributed by atoms with Gasteiger partial charge in [-0.1, -0.05) is 45.9 Å². The van der Waals surface area contributed by atoms with E-state index in [0.29, 0.717) is 64.7 Å². The number of halogens is 2. The number of alkyl halides is 2. The number of likely N-dealkylation sites (N-methyl/N-ethyl adjacent to an activating group) is 1. The summed E-state index contributed by atoms with van der Waals surface area (Å²) in [6.07, 6.45) is 7.79. The molecule has 8 bridgehead atoms. The van der Waals surface area contributed by atoms with Crippen molar-refractivity contribution >= 4 is 52.8 Å². The van der Waals surface area contributed by atoms with E-state index in [4.69, 9.17) is 14.5 Å². The molecule has 1 aromatic carbocycles. The zero-order valence-corrected chi connectivity index (χ0v) is 46.1. The molecule has 4 aliphatic heterocycles. The molecule has 3 unspecified atom stereocenters. The molecule has 3 fully saturated rings. The number of likely N-dealkylation sites (tertiary alicyclic amines) is 1. The highest BCUT2D eigenvalue weighted by atomic mass is 19.3. The molecule has 7 atom stereocenters. The predicted octanol–water partition coefficient (Wildman–Crippen LogP) is 6.73. The highest BCUT2D eigenvalue weighted by molar-refractivity contribution is 5.93. The lowest BCUT2D eigenvalue weighted by Crippen LogP contribution is -2.64. The van der Waals surface area contributed by atoms with E-state index in [0.717, 1.165) is 39.2 Å². The Kier molecular flexibility index (Phi) is 18.1. The number of piperidine rings is 1. The van der Waals surface area contributed by atoms with Crippen LogP contribution >= 0.6 is 0 Å². The van der Waals surface area contributed by atoms with Gasteiger partial charge < -0.3 is 34.8 Å². The summed E-state index contributed by atoms with van der Waals surface area (Å²) in [6, 6.07) is 5.87. The number of ether oxygens (including phenoxy) is 2. The van der Waals surface area contributed by atoms with E-state index in [1.807, 2.05) is 32.9 Å². The van der Waals surface area contributed by atoms with Gasteiger partial charge in [-0.15, -0.1) is 10.2 Å². The van der Waals surface area contributed by atoms with Crippen molar-refractivity contribution in [2.24, 2.45) is 23.2 Å². The summed E-state index contributed by atoms with van der Waals surface area (Å²) in [5.41, 5.74) is 9.37. The van der Waals surface area contributed by atoms with E-state index >= 15 is 0 Å². The van der Waals surface area contributed by atoms with Crippen molar-refractivity contribution < 1.29 is 42.2 Å². The number of aromatic nitrogens is 4. The quantitative estimate of drug-likeness (QED) is 0.162. The van der Waals surface area contributed by atoms with Gasteiger partial charge in [0.1, 0.15) is 30.3 Å². The van der Waals surface area contributed by atoms with E-state index in [1.54, 1.807) is 32.2 Å². The Hall–Kier alpha value is -6.32. The number of pyridine rings is 1. The van der Waals surface area contributed by atoms with Crippen molar-refractivity contribution in [2.45, 2.75) is 124 Å². The smallest absolute Gasteiger partial charge is 0.331 e. The monoisotopic (exact) mass is 1070 g/mol. The third-order valence-electron chi connectivity index (χ3n) is 15.9. The number of rotatable bonds is 12. The number of carbonyl (C=O) groups excluding carboxylic acids is 5. The molecule has 2 aromatic heterocycles. The van der Waals surface area contributed by atoms with Crippen molar-refractivity contribution in [3.63, 3.8) is 0 Å². The first-order chi connectivity index (χ1) is 36.8. The number of allylic oxidation sites excluding steroid dienone is 1.